The quantitative estimate of drug-likeness (QED) is 0.559. The summed E-state index contributed by atoms with van der Waals surface area (Å²) in [6.07, 6.45) is 0. The molecule has 0 aliphatic carbocycles. The Morgan fingerprint density at radius 2 is 0.778 bits per heavy atom. The molecule has 0 saturated carbocycles. The molecule has 3 N–H and O–H groups in total. The molecule has 1 rings (SSSR count). The van der Waals surface area contributed by atoms with E-state index in [9.17, 15) is 15.3 Å². The van der Waals surface area contributed by atoms with E-state index in [0.29, 0.717) is 11.1 Å². The van der Waals surface area contributed by atoms with Crippen molar-refractivity contribution in [3.63, 3.8) is 0 Å². The zero-order valence-corrected chi connectivity index (χ0v) is 12.1. The van der Waals surface area contributed by atoms with Gasteiger partial charge in [-0.15, -0.1) is 0 Å². The number of rotatable bonds is 3. The van der Waals surface area contributed by atoms with E-state index < -0.39 is 0 Å². The lowest BCUT2D eigenvalue weighted by molar-refractivity contribution is 0.376. The number of aromatic hydroxyl groups is 3. The second-order valence-corrected chi connectivity index (χ2v) is 5.75. The van der Waals surface area contributed by atoms with Crippen LogP contribution in [0.2, 0.25) is 0 Å². The number of hydrogen-bond donors (Lipinski definition) is 3. The first-order valence-electron chi connectivity index (χ1n) is 6.50. The number of phenolic OH excluding ortho intramolecular Hbond substituents is 3. The SMILES string of the molecule is CC(C)c1c(O)c(O)c(C(C)C)c(C(C)C)c1O. The summed E-state index contributed by atoms with van der Waals surface area (Å²) in [7, 11) is 0. The molecular weight excluding hydrogens is 228 g/mol. The monoisotopic (exact) mass is 252 g/mol. The van der Waals surface area contributed by atoms with E-state index in [0.717, 1.165) is 5.56 Å². The van der Waals surface area contributed by atoms with Crippen molar-refractivity contribution in [3.05, 3.63) is 16.7 Å². The fourth-order valence-electron chi connectivity index (χ4n) is 2.48. The molecule has 0 fully saturated rings. The van der Waals surface area contributed by atoms with E-state index in [1.807, 2.05) is 41.5 Å². The molecule has 3 heteroatoms. The molecule has 0 unspecified atom stereocenters. The summed E-state index contributed by atoms with van der Waals surface area (Å²) in [4.78, 5) is 0. The lowest BCUT2D eigenvalue weighted by Gasteiger charge is -2.24. The van der Waals surface area contributed by atoms with Crippen LogP contribution in [0.25, 0.3) is 0 Å². The number of phenols is 3. The summed E-state index contributed by atoms with van der Waals surface area (Å²) in [5.74, 6) is -0.0637. The van der Waals surface area contributed by atoms with Crippen LogP contribution in [0.4, 0.5) is 0 Å². The van der Waals surface area contributed by atoms with Gasteiger partial charge >= 0.3 is 0 Å². The Hall–Kier alpha value is -1.38. The summed E-state index contributed by atoms with van der Waals surface area (Å²) in [5.41, 5.74) is 1.81. The van der Waals surface area contributed by atoms with Crippen molar-refractivity contribution in [2.24, 2.45) is 0 Å². The summed E-state index contributed by atoms with van der Waals surface area (Å²) in [6.45, 7) is 11.6. The highest BCUT2D eigenvalue weighted by molar-refractivity contribution is 5.64. The lowest BCUT2D eigenvalue weighted by Crippen LogP contribution is -2.04. The minimum Gasteiger partial charge on any atom is -0.507 e. The van der Waals surface area contributed by atoms with Gasteiger partial charge in [-0.2, -0.15) is 0 Å². The van der Waals surface area contributed by atoms with Gasteiger partial charge in [-0.1, -0.05) is 41.5 Å². The van der Waals surface area contributed by atoms with Crippen LogP contribution in [0.3, 0.4) is 0 Å². The van der Waals surface area contributed by atoms with Crippen LogP contribution < -0.4 is 0 Å². The van der Waals surface area contributed by atoms with Gasteiger partial charge in [0.25, 0.3) is 0 Å². The van der Waals surface area contributed by atoms with Gasteiger partial charge in [-0.3, -0.25) is 0 Å². The average Bonchev–Trinajstić information content (AvgIpc) is 2.21. The van der Waals surface area contributed by atoms with E-state index >= 15 is 0 Å². The van der Waals surface area contributed by atoms with Crippen LogP contribution in [0.5, 0.6) is 17.2 Å². The molecule has 0 heterocycles. The highest BCUT2D eigenvalue weighted by Crippen LogP contribution is 2.50. The molecule has 0 radical (unpaired) electrons. The Bertz CT molecular complexity index is 446. The van der Waals surface area contributed by atoms with E-state index in [4.69, 9.17) is 0 Å². The summed E-state index contributed by atoms with van der Waals surface area (Å²) < 4.78 is 0. The van der Waals surface area contributed by atoms with Crippen molar-refractivity contribution in [2.75, 3.05) is 0 Å². The second kappa shape index (κ2) is 5.09. The van der Waals surface area contributed by atoms with Gasteiger partial charge in [0.1, 0.15) is 5.75 Å². The molecule has 1 aromatic rings. The molecule has 0 aliphatic heterocycles. The van der Waals surface area contributed by atoms with Crippen molar-refractivity contribution in [1.29, 1.82) is 0 Å². The van der Waals surface area contributed by atoms with Gasteiger partial charge in [0, 0.05) is 16.7 Å². The molecule has 0 saturated heterocycles. The van der Waals surface area contributed by atoms with Crippen molar-refractivity contribution in [1.82, 2.24) is 0 Å². The van der Waals surface area contributed by atoms with E-state index in [1.165, 1.54) is 0 Å². The highest BCUT2D eigenvalue weighted by atomic mass is 16.3. The number of hydrogen-bond acceptors (Lipinski definition) is 3. The first-order valence-corrected chi connectivity index (χ1v) is 6.50. The Kier molecular flexibility index (Phi) is 4.15. The van der Waals surface area contributed by atoms with Gasteiger partial charge in [0.05, 0.1) is 0 Å². The summed E-state index contributed by atoms with van der Waals surface area (Å²) in [6, 6.07) is 0. The van der Waals surface area contributed by atoms with E-state index in [-0.39, 0.29) is 35.0 Å². The largest absolute Gasteiger partial charge is 0.507 e. The third-order valence-electron chi connectivity index (χ3n) is 3.27. The predicted molar refractivity (Wildman–Crippen MR) is 73.7 cm³/mol. The standard InChI is InChI=1S/C15H24O3/c1-7(2)10-11(8(3)4)14(17)15(18)12(9(5)6)13(10)16/h7-9,16-18H,1-6H3. The minimum absolute atomic E-state index is 0.0420. The fraction of sp³-hybridized carbons (Fsp3) is 0.600. The van der Waals surface area contributed by atoms with Crippen LogP contribution >= 0.6 is 0 Å². The first-order chi connectivity index (χ1) is 8.20. The second-order valence-electron chi connectivity index (χ2n) is 5.75. The third-order valence-corrected chi connectivity index (χ3v) is 3.27. The number of benzene rings is 1. The molecule has 1 aromatic carbocycles. The molecular formula is C15H24O3. The van der Waals surface area contributed by atoms with Gasteiger partial charge < -0.3 is 15.3 Å². The first kappa shape index (κ1) is 14.7. The van der Waals surface area contributed by atoms with Crippen LogP contribution in [0.15, 0.2) is 0 Å². The molecule has 0 aliphatic rings. The lowest BCUT2D eigenvalue weighted by atomic mass is 9.84. The van der Waals surface area contributed by atoms with Crippen molar-refractivity contribution in [3.8, 4) is 17.2 Å². The van der Waals surface area contributed by atoms with E-state index in [2.05, 4.69) is 0 Å². The van der Waals surface area contributed by atoms with E-state index in [1.54, 1.807) is 0 Å². The molecule has 18 heavy (non-hydrogen) atoms. The summed E-state index contributed by atoms with van der Waals surface area (Å²) >= 11 is 0. The summed E-state index contributed by atoms with van der Waals surface area (Å²) in [5, 5.41) is 30.7. The normalized spacial score (nSPS) is 11.8. The van der Waals surface area contributed by atoms with Crippen LogP contribution in [0, 0.1) is 0 Å². The highest BCUT2D eigenvalue weighted by Gasteiger charge is 2.27. The topological polar surface area (TPSA) is 60.7 Å². The third kappa shape index (κ3) is 2.26. The molecule has 0 atom stereocenters. The molecule has 0 spiro atoms. The van der Waals surface area contributed by atoms with Crippen LogP contribution in [0.1, 0.15) is 76.0 Å². The van der Waals surface area contributed by atoms with Crippen molar-refractivity contribution in [2.45, 2.75) is 59.3 Å². The van der Waals surface area contributed by atoms with Gasteiger partial charge in [0.15, 0.2) is 11.5 Å². The zero-order valence-electron chi connectivity index (χ0n) is 12.1. The molecule has 0 aromatic heterocycles. The maximum atomic E-state index is 10.4. The maximum Gasteiger partial charge on any atom is 0.165 e. The predicted octanol–water partition coefficient (Wildman–Crippen LogP) is 4.17. The van der Waals surface area contributed by atoms with Crippen LogP contribution in [-0.2, 0) is 0 Å². The van der Waals surface area contributed by atoms with Crippen molar-refractivity contribution < 1.29 is 15.3 Å². The van der Waals surface area contributed by atoms with Crippen molar-refractivity contribution >= 4 is 0 Å². The fourth-order valence-corrected chi connectivity index (χ4v) is 2.48. The minimum atomic E-state index is -0.185. The molecule has 3 nitrogen and oxygen atoms in total. The Labute approximate surface area is 109 Å². The molecule has 0 amide bonds. The van der Waals surface area contributed by atoms with Crippen LogP contribution in [-0.4, -0.2) is 15.3 Å². The Morgan fingerprint density at radius 1 is 0.500 bits per heavy atom. The molecule has 0 bridgehead atoms. The van der Waals surface area contributed by atoms with Gasteiger partial charge in [0.2, 0.25) is 0 Å². The zero-order chi connectivity index (χ0) is 14.2. The maximum absolute atomic E-state index is 10.4. The molecule has 102 valence electrons. The Balaban J connectivity index is 3.76. The van der Waals surface area contributed by atoms with Gasteiger partial charge in [-0.05, 0) is 17.8 Å². The van der Waals surface area contributed by atoms with Gasteiger partial charge in [-0.25, -0.2) is 0 Å². The average molecular weight is 252 g/mol. The smallest absolute Gasteiger partial charge is 0.165 e. The Morgan fingerprint density at radius 3 is 1.11 bits per heavy atom.